The fraction of sp³-hybridized carbons (Fsp3) is 0.200. The van der Waals surface area contributed by atoms with Gasteiger partial charge in [-0.25, -0.2) is 4.79 Å². The Morgan fingerprint density at radius 2 is 2.05 bits per heavy atom. The number of furan rings is 1. The molecule has 0 radical (unpaired) electrons. The predicted octanol–water partition coefficient (Wildman–Crippen LogP) is 2.75. The largest absolute Gasteiger partial charge is 0.497 e. The molecular formula is C15H13NO5. The van der Waals surface area contributed by atoms with Gasteiger partial charge in [-0.1, -0.05) is 0 Å². The van der Waals surface area contributed by atoms with Crippen molar-refractivity contribution in [3.63, 3.8) is 0 Å². The van der Waals surface area contributed by atoms with Crippen molar-refractivity contribution in [3.8, 4) is 17.6 Å². The topological polar surface area (TPSA) is 92.7 Å². The number of carboxylic acid groups (broad SMARTS) is 1. The number of rotatable bonds is 5. The van der Waals surface area contributed by atoms with Crippen LogP contribution in [0.3, 0.4) is 0 Å². The number of ether oxygens (including phenoxy) is 2. The lowest BCUT2D eigenvalue weighted by molar-refractivity contribution is 0.0695. The van der Waals surface area contributed by atoms with Gasteiger partial charge in [0.25, 0.3) is 0 Å². The van der Waals surface area contributed by atoms with Gasteiger partial charge in [-0.05, 0) is 25.1 Å². The number of aryl methyl sites for hydroxylation is 1. The number of methoxy groups -OCH3 is 1. The van der Waals surface area contributed by atoms with E-state index in [2.05, 4.69) is 0 Å². The minimum absolute atomic E-state index is 0.0617. The zero-order chi connectivity index (χ0) is 15.4. The minimum Gasteiger partial charge on any atom is -0.497 e. The minimum atomic E-state index is -1.05. The Morgan fingerprint density at radius 1 is 1.33 bits per heavy atom. The summed E-state index contributed by atoms with van der Waals surface area (Å²) in [6.07, 6.45) is 0. The van der Waals surface area contributed by atoms with E-state index in [0.29, 0.717) is 28.6 Å². The van der Waals surface area contributed by atoms with E-state index in [1.807, 2.05) is 6.07 Å². The van der Waals surface area contributed by atoms with Gasteiger partial charge in [-0.15, -0.1) is 0 Å². The van der Waals surface area contributed by atoms with E-state index in [4.69, 9.17) is 24.3 Å². The van der Waals surface area contributed by atoms with Crippen LogP contribution in [0.4, 0.5) is 0 Å². The Hall–Kier alpha value is -2.94. The van der Waals surface area contributed by atoms with Crippen molar-refractivity contribution in [1.82, 2.24) is 0 Å². The smallest absolute Gasteiger partial charge is 0.339 e. The first-order chi connectivity index (χ1) is 10.0. The third kappa shape index (κ3) is 3.34. The number of hydrogen-bond acceptors (Lipinski definition) is 5. The van der Waals surface area contributed by atoms with Crippen molar-refractivity contribution in [2.75, 3.05) is 7.11 Å². The van der Waals surface area contributed by atoms with Gasteiger partial charge in [0.05, 0.1) is 18.7 Å². The summed E-state index contributed by atoms with van der Waals surface area (Å²) in [5.74, 6) is 0.619. The van der Waals surface area contributed by atoms with Crippen LogP contribution >= 0.6 is 0 Å². The van der Waals surface area contributed by atoms with Crippen molar-refractivity contribution >= 4 is 5.97 Å². The lowest BCUT2D eigenvalue weighted by Gasteiger charge is -2.07. The number of carbonyl (C=O) groups is 1. The molecule has 0 saturated carbocycles. The standard InChI is InChI=1S/C15H13NO5/c1-9-14(15(17)18)6-13(21-9)8-20-12-4-10(7-16)3-11(5-12)19-2/h3-6H,8H2,1-2H3,(H,17,18). The van der Waals surface area contributed by atoms with E-state index < -0.39 is 5.97 Å². The Bertz CT molecular complexity index is 711. The number of nitriles is 1. The lowest BCUT2D eigenvalue weighted by atomic mass is 10.2. The molecule has 0 atom stereocenters. The fourth-order valence-electron chi connectivity index (χ4n) is 1.82. The molecule has 0 bridgehead atoms. The maximum atomic E-state index is 10.9. The van der Waals surface area contributed by atoms with Crippen molar-refractivity contribution in [2.24, 2.45) is 0 Å². The van der Waals surface area contributed by atoms with Crippen LogP contribution in [-0.4, -0.2) is 18.2 Å². The summed E-state index contributed by atoms with van der Waals surface area (Å²) < 4.78 is 15.9. The van der Waals surface area contributed by atoms with E-state index >= 15 is 0 Å². The predicted molar refractivity (Wildman–Crippen MR) is 72.4 cm³/mol. The molecule has 0 aliphatic carbocycles. The highest BCUT2D eigenvalue weighted by atomic mass is 16.5. The molecule has 0 fully saturated rings. The molecule has 6 nitrogen and oxygen atoms in total. The summed E-state index contributed by atoms with van der Waals surface area (Å²) in [5, 5.41) is 17.9. The SMILES string of the molecule is COc1cc(C#N)cc(OCc2cc(C(=O)O)c(C)o2)c1. The molecule has 0 amide bonds. The summed E-state index contributed by atoms with van der Waals surface area (Å²) >= 11 is 0. The monoisotopic (exact) mass is 287 g/mol. The van der Waals surface area contributed by atoms with Crippen molar-refractivity contribution in [1.29, 1.82) is 5.26 Å². The number of benzene rings is 1. The Morgan fingerprint density at radius 3 is 2.62 bits per heavy atom. The summed E-state index contributed by atoms with van der Waals surface area (Å²) in [5.41, 5.74) is 0.517. The number of carboxylic acids is 1. The van der Waals surface area contributed by atoms with Crippen LogP contribution < -0.4 is 9.47 Å². The van der Waals surface area contributed by atoms with Gasteiger partial charge in [0.15, 0.2) is 0 Å². The van der Waals surface area contributed by atoms with E-state index in [0.717, 1.165) is 0 Å². The van der Waals surface area contributed by atoms with Crippen molar-refractivity contribution in [3.05, 3.63) is 46.9 Å². The third-order valence-corrected chi connectivity index (χ3v) is 2.83. The van der Waals surface area contributed by atoms with E-state index in [-0.39, 0.29) is 12.2 Å². The molecule has 21 heavy (non-hydrogen) atoms. The number of nitrogens with zero attached hydrogens (tertiary/aromatic N) is 1. The van der Waals surface area contributed by atoms with Gasteiger partial charge in [-0.2, -0.15) is 5.26 Å². The van der Waals surface area contributed by atoms with Crippen LogP contribution in [0.5, 0.6) is 11.5 Å². The summed E-state index contributed by atoms with van der Waals surface area (Å²) in [4.78, 5) is 10.9. The highest BCUT2D eigenvalue weighted by Gasteiger charge is 2.14. The first-order valence-corrected chi connectivity index (χ1v) is 6.08. The second-order valence-corrected chi connectivity index (χ2v) is 4.29. The highest BCUT2D eigenvalue weighted by Crippen LogP contribution is 2.24. The normalized spacial score (nSPS) is 9.95. The Labute approximate surface area is 121 Å². The maximum absolute atomic E-state index is 10.9. The molecule has 0 saturated heterocycles. The van der Waals surface area contributed by atoms with E-state index in [1.54, 1.807) is 25.1 Å². The molecule has 1 aromatic carbocycles. The van der Waals surface area contributed by atoms with Crippen LogP contribution in [0.1, 0.15) is 27.4 Å². The Kier molecular flexibility index (Phi) is 4.14. The zero-order valence-corrected chi connectivity index (χ0v) is 11.5. The first kappa shape index (κ1) is 14.5. The van der Waals surface area contributed by atoms with Crippen molar-refractivity contribution < 1.29 is 23.8 Å². The Balaban J connectivity index is 2.15. The third-order valence-electron chi connectivity index (χ3n) is 2.83. The molecule has 6 heteroatoms. The van der Waals surface area contributed by atoms with Gasteiger partial charge >= 0.3 is 5.97 Å². The summed E-state index contributed by atoms with van der Waals surface area (Å²) in [6.45, 7) is 1.64. The first-order valence-electron chi connectivity index (χ1n) is 6.08. The van der Waals surface area contributed by atoms with Gasteiger partial charge in [-0.3, -0.25) is 0 Å². The van der Waals surface area contributed by atoms with Gasteiger partial charge in [0, 0.05) is 6.07 Å². The lowest BCUT2D eigenvalue weighted by Crippen LogP contribution is -1.96. The molecule has 108 valence electrons. The van der Waals surface area contributed by atoms with Gasteiger partial charge in [0.2, 0.25) is 0 Å². The van der Waals surface area contributed by atoms with Crippen molar-refractivity contribution in [2.45, 2.75) is 13.5 Å². The average Bonchev–Trinajstić information content (AvgIpc) is 2.86. The molecular weight excluding hydrogens is 274 g/mol. The molecule has 0 unspecified atom stereocenters. The maximum Gasteiger partial charge on any atom is 0.339 e. The van der Waals surface area contributed by atoms with Crippen LogP contribution in [0.15, 0.2) is 28.7 Å². The molecule has 0 spiro atoms. The quantitative estimate of drug-likeness (QED) is 0.908. The van der Waals surface area contributed by atoms with Crippen LogP contribution in [0.25, 0.3) is 0 Å². The van der Waals surface area contributed by atoms with Crippen LogP contribution in [-0.2, 0) is 6.61 Å². The molecule has 0 aliphatic heterocycles. The summed E-state index contributed by atoms with van der Waals surface area (Å²) in [6, 6.07) is 8.22. The van der Waals surface area contributed by atoms with Gasteiger partial charge in [0.1, 0.15) is 35.2 Å². The highest BCUT2D eigenvalue weighted by molar-refractivity contribution is 5.88. The summed E-state index contributed by atoms with van der Waals surface area (Å²) in [7, 11) is 1.50. The molecule has 1 aromatic heterocycles. The van der Waals surface area contributed by atoms with Gasteiger partial charge < -0.3 is 19.0 Å². The average molecular weight is 287 g/mol. The number of hydrogen-bond donors (Lipinski definition) is 1. The molecule has 1 N–H and O–H groups in total. The number of aromatic carboxylic acids is 1. The molecule has 2 aromatic rings. The second-order valence-electron chi connectivity index (χ2n) is 4.29. The second kappa shape index (κ2) is 6.01. The molecule has 0 aliphatic rings. The molecule has 2 rings (SSSR count). The molecule has 1 heterocycles. The van der Waals surface area contributed by atoms with Crippen LogP contribution in [0.2, 0.25) is 0 Å². The zero-order valence-electron chi connectivity index (χ0n) is 11.5. The van der Waals surface area contributed by atoms with E-state index in [9.17, 15) is 4.79 Å². The van der Waals surface area contributed by atoms with Crippen LogP contribution in [0, 0.1) is 18.3 Å². The fourth-order valence-corrected chi connectivity index (χ4v) is 1.82. The van der Waals surface area contributed by atoms with E-state index in [1.165, 1.54) is 13.2 Å².